The van der Waals surface area contributed by atoms with Gasteiger partial charge in [0.15, 0.2) is 0 Å². The van der Waals surface area contributed by atoms with Gasteiger partial charge < -0.3 is 19.1 Å². The molecule has 0 fully saturated rings. The van der Waals surface area contributed by atoms with Gasteiger partial charge in [-0.1, -0.05) is 18.2 Å². The van der Waals surface area contributed by atoms with E-state index in [-0.39, 0.29) is 11.8 Å². The molecule has 0 unspecified atom stereocenters. The molecule has 0 spiro atoms. The average Bonchev–Trinajstić information content (AvgIpc) is 3.39. The van der Waals surface area contributed by atoms with Gasteiger partial charge in [0.1, 0.15) is 11.5 Å². The zero-order chi connectivity index (χ0) is 18.9. The van der Waals surface area contributed by atoms with Crippen LogP contribution in [-0.2, 0) is 17.9 Å². The zero-order valence-electron chi connectivity index (χ0n) is 15.0. The van der Waals surface area contributed by atoms with E-state index in [9.17, 15) is 9.59 Å². The van der Waals surface area contributed by atoms with Crippen LogP contribution in [0.1, 0.15) is 34.7 Å². The van der Waals surface area contributed by atoms with Gasteiger partial charge in [0.05, 0.1) is 25.6 Å². The average molecular weight is 366 g/mol. The summed E-state index contributed by atoms with van der Waals surface area (Å²) in [5.41, 5.74) is 0.612. The standard InChI is InChI=1S/C21H22N2O4/c24-20(11-4-12-22-21(25)17-7-2-1-3-8-17)23(15-18-9-5-13-26-18)16-19-10-6-14-27-19/h1-3,5-10,13-14H,4,11-12,15-16H2,(H,22,25). The summed E-state index contributed by atoms with van der Waals surface area (Å²) in [4.78, 5) is 26.3. The van der Waals surface area contributed by atoms with E-state index in [1.807, 2.05) is 30.3 Å². The predicted octanol–water partition coefficient (Wildman–Crippen LogP) is 3.61. The zero-order valence-corrected chi connectivity index (χ0v) is 15.0. The summed E-state index contributed by atoms with van der Waals surface area (Å²) in [5, 5.41) is 2.84. The first-order chi connectivity index (χ1) is 13.2. The molecule has 2 heterocycles. The molecule has 0 saturated heterocycles. The first kappa shape index (κ1) is 18.5. The molecule has 0 aliphatic carbocycles. The maximum Gasteiger partial charge on any atom is 0.251 e. The first-order valence-corrected chi connectivity index (χ1v) is 8.88. The fourth-order valence-electron chi connectivity index (χ4n) is 2.70. The molecule has 3 aromatic rings. The summed E-state index contributed by atoms with van der Waals surface area (Å²) >= 11 is 0. The summed E-state index contributed by atoms with van der Waals surface area (Å²) in [6.45, 7) is 1.20. The van der Waals surface area contributed by atoms with E-state index in [1.165, 1.54) is 0 Å². The minimum absolute atomic E-state index is 0.0169. The first-order valence-electron chi connectivity index (χ1n) is 8.88. The predicted molar refractivity (Wildman–Crippen MR) is 99.7 cm³/mol. The van der Waals surface area contributed by atoms with Crippen LogP contribution in [0.4, 0.5) is 0 Å². The maximum atomic E-state index is 12.6. The van der Waals surface area contributed by atoms with Crippen LogP contribution in [0.5, 0.6) is 0 Å². The SMILES string of the molecule is O=C(NCCCC(=O)N(Cc1ccco1)Cc1ccco1)c1ccccc1. The normalized spacial score (nSPS) is 10.5. The van der Waals surface area contributed by atoms with E-state index in [4.69, 9.17) is 8.83 Å². The highest BCUT2D eigenvalue weighted by Gasteiger charge is 2.17. The molecule has 6 nitrogen and oxygen atoms in total. The van der Waals surface area contributed by atoms with E-state index in [0.717, 1.165) is 0 Å². The molecule has 27 heavy (non-hydrogen) atoms. The highest BCUT2D eigenvalue weighted by molar-refractivity contribution is 5.94. The van der Waals surface area contributed by atoms with Crippen LogP contribution in [0, 0.1) is 0 Å². The number of benzene rings is 1. The highest BCUT2D eigenvalue weighted by Crippen LogP contribution is 2.13. The summed E-state index contributed by atoms with van der Waals surface area (Å²) in [6.07, 6.45) is 4.06. The molecule has 0 radical (unpaired) electrons. The van der Waals surface area contributed by atoms with Gasteiger partial charge in [0.2, 0.25) is 5.91 Å². The Hall–Kier alpha value is -3.28. The molecule has 0 atom stereocenters. The Bertz CT molecular complexity index is 790. The van der Waals surface area contributed by atoms with Crippen molar-refractivity contribution in [2.24, 2.45) is 0 Å². The number of nitrogens with zero attached hydrogens (tertiary/aromatic N) is 1. The van der Waals surface area contributed by atoms with Crippen LogP contribution in [0.3, 0.4) is 0 Å². The molecule has 1 aromatic carbocycles. The van der Waals surface area contributed by atoms with Gasteiger partial charge in [-0.05, 0) is 42.8 Å². The van der Waals surface area contributed by atoms with Crippen molar-refractivity contribution in [2.45, 2.75) is 25.9 Å². The lowest BCUT2D eigenvalue weighted by Crippen LogP contribution is -2.31. The van der Waals surface area contributed by atoms with Crippen LogP contribution in [-0.4, -0.2) is 23.3 Å². The van der Waals surface area contributed by atoms with Crippen molar-refractivity contribution >= 4 is 11.8 Å². The van der Waals surface area contributed by atoms with Gasteiger partial charge >= 0.3 is 0 Å². The van der Waals surface area contributed by atoms with Crippen molar-refractivity contribution < 1.29 is 18.4 Å². The number of nitrogens with one attached hydrogen (secondary N) is 1. The monoisotopic (exact) mass is 366 g/mol. The molecule has 2 amide bonds. The van der Waals surface area contributed by atoms with Crippen LogP contribution >= 0.6 is 0 Å². The number of hydrogen-bond acceptors (Lipinski definition) is 4. The summed E-state index contributed by atoms with van der Waals surface area (Å²) in [5.74, 6) is 1.28. The summed E-state index contributed by atoms with van der Waals surface area (Å²) in [7, 11) is 0. The molecule has 0 saturated carbocycles. The maximum absolute atomic E-state index is 12.6. The highest BCUT2D eigenvalue weighted by atomic mass is 16.3. The minimum atomic E-state index is -0.133. The van der Waals surface area contributed by atoms with E-state index in [1.54, 1.807) is 41.7 Å². The number of rotatable bonds is 9. The van der Waals surface area contributed by atoms with Gasteiger partial charge in [-0.3, -0.25) is 9.59 Å². The molecular weight excluding hydrogens is 344 g/mol. The van der Waals surface area contributed by atoms with Crippen molar-refractivity contribution in [3.05, 3.63) is 84.2 Å². The van der Waals surface area contributed by atoms with Crippen LogP contribution in [0.2, 0.25) is 0 Å². The second kappa shape index (κ2) is 9.43. The Morgan fingerprint density at radius 1 is 0.852 bits per heavy atom. The van der Waals surface area contributed by atoms with Crippen molar-refractivity contribution in [1.29, 1.82) is 0 Å². The summed E-state index contributed by atoms with van der Waals surface area (Å²) < 4.78 is 10.7. The van der Waals surface area contributed by atoms with Crippen molar-refractivity contribution in [1.82, 2.24) is 10.2 Å². The van der Waals surface area contributed by atoms with E-state index >= 15 is 0 Å². The fraction of sp³-hybridized carbons (Fsp3) is 0.238. The number of carbonyl (C=O) groups excluding carboxylic acids is 2. The van der Waals surface area contributed by atoms with Crippen LogP contribution in [0.15, 0.2) is 76.0 Å². The largest absolute Gasteiger partial charge is 0.467 e. The lowest BCUT2D eigenvalue weighted by atomic mass is 10.2. The van der Waals surface area contributed by atoms with Gasteiger partial charge in [-0.25, -0.2) is 0 Å². The smallest absolute Gasteiger partial charge is 0.251 e. The van der Waals surface area contributed by atoms with Gasteiger partial charge in [-0.15, -0.1) is 0 Å². The number of carbonyl (C=O) groups is 2. The van der Waals surface area contributed by atoms with Crippen molar-refractivity contribution in [2.75, 3.05) is 6.54 Å². The van der Waals surface area contributed by atoms with E-state index < -0.39 is 0 Å². The Kier molecular flexibility index (Phi) is 6.46. The molecule has 0 bridgehead atoms. The van der Waals surface area contributed by atoms with Gasteiger partial charge in [-0.2, -0.15) is 0 Å². The Morgan fingerprint density at radius 2 is 1.48 bits per heavy atom. The van der Waals surface area contributed by atoms with Crippen LogP contribution in [0.25, 0.3) is 0 Å². The Balaban J connectivity index is 1.49. The third-order valence-electron chi connectivity index (χ3n) is 4.10. The van der Waals surface area contributed by atoms with Crippen molar-refractivity contribution in [3.8, 4) is 0 Å². The molecule has 0 aliphatic heterocycles. The number of hydrogen-bond donors (Lipinski definition) is 1. The van der Waals surface area contributed by atoms with E-state index in [2.05, 4.69) is 5.32 Å². The van der Waals surface area contributed by atoms with Crippen molar-refractivity contribution in [3.63, 3.8) is 0 Å². The van der Waals surface area contributed by atoms with Gasteiger partial charge in [0.25, 0.3) is 5.91 Å². The lowest BCUT2D eigenvalue weighted by molar-refractivity contribution is -0.133. The lowest BCUT2D eigenvalue weighted by Gasteiger charge is -2.20. The van der Waals surface area contributed by atoms with E-state index in [0.29, 0.717) is 49.6 Å². The second-order valence-corrected chi connectivity index (χ2v) is 6.13. The number of furan rings is 2. The molecule has 0 aliphatic rings. The molecular formula is C21H22N2O4. The topological polar surface area (TPSA) is 75.7 Å². The minimum Gasteiger partial charge on any atom is -0.467 e. The second-order valence-electron chi connectivity index (χ2n) is 6.13. The molecule has 3 rings (SSSR count). The quantitative estimate of drug-likeness (QED) is 0.587. The summed E-state index contributed by atoms with van der Waals surface area (Å²) in [6, 6.07) is 16.3. The molecule has 140 valence electrons. The Labute approximate surface area is 157 Å². The van der Waals surface area contributed by atoms with Gasteiger partial charge in [0, 0.05) is 18.5 Å². The molecule has 2 aromatic heterocycles. The van der Waals surface area contributed by atoms with Crippen LogP contribution < -0.4 is 5.32 Å². The fourth-order valence-corrected chi connectivity index (χ4v) is 2.70. The molecule has 1 N–H and O–H groups in total. The number of amides is 2. The Morgan fingerprint density at radius 3 is 2.04 bits per heavy atom. The third kappa shape index (κ3) is 5.60. The molecule has 6 heteroatoms. The third-order valence-corrected chi connectivity index (χ3v) is 4.10.